The molecule has 1 atom stereocenters. The van der Waals surface area contributed by atoms with Gasteiger partial charge in [0.15, 0.2) is 0 Å². The number of benzene rings is 1. The fourth-order valence-corrected chi connectivity index (χ4v) is 3.51. The number of aryl methyl sites for hydroxylation is 1. The molecule has 1 aromatic carbocycles. The van der Waals surface area contributed by atoms with E-state index < -0.39 is 5.63 Å². The molecule has 3 heterocycles. The highest BCUT2D eigenvalue weighted by atomic mass is 16.4. The van der Waals surface area contributed by atoms with E-state index in [2.05, 4.69) is 4.98 Å². The molecule has 1 fully saturated rings. The van der Waals surface area contributed by atoms with E-state index in [9.17, 15) is 9.59 Å². The highest BCUT2D eigenvalue weighted by Gasteiger charge is 2.27. The summed E-state index contributed by atoms with van der Waals surface area (Å²) in [7, 11) is 0. The van der Waals surface area contributed by atoms with E-state index >= 15 is 0 Å². The Balaban J connectivity index is 1.80. The van der Waals surface area contributed by atoms with Crippen molar-refractivity contribution in [3.63, 3.8) is 0 Å². The zero-order valence-corrected chi connectivity index (χ0v) is 14.4. The van der Waals surface area contributed by atoms with Gasteiger partial charge in [-0.15, -0.1) is 0 Å². The minimum Gasteiger partial charge on any atom is -0.404 e. The van der Waals surface area contributed by atoms with Crippen molar-refractivity contribution in [2.24, 2.45) is 11.7 Å². The van der Waals surface area contributed by atoms with E-state index in [4.69, 9.17) is 10.2 Å². The van der Waals surface area contributed by atoms with Crippen molar-refractivity contribution in [3.05, 3.63) is 58.4 Å². The van der Waals surface area contributed by atoms with Crippen LogP contribution in [0.4, 0.5) is 5.82 Å². The van der Waals surface area contributed by atoms with Crippen LogP contribution in [0.3, 0.4) is 0 Å². The third-order valence-corrected chi connectivity index (χ3v) is 4.95. The zero-order chi connectivity index (χ0) is 18.3. The number of aromatic nitrogens is 1. The summed E-state index contributed by atoms with van der Waals surface area (Å²) in [6.07, 6.45) is 0.711. The van der Waals surface area contributed by atoms with E-state index in [0.29, 0.717) is 31.0 Å². The molecule has 26 heavy (non-hydrogen) atoms. The second-order valence-corrected chi connectivity index (χ2v) is 6.65. The molecule has 0 radical (unpaired) electrons. The van der Waals surface area contributed by atoms with Crippen LogP contribution in [0, 0.1) is 12.8 Å². The van der Waals surface area contributed by atoms with Gasteiger partial charge in [-0.05, 0) is 36.6 Å². The van der Waals surface area contributed by atoms with Gasteiger partial charge >= 0.3 is 5.63 Å². The van der Waals surface area contributed by atoms with Crippen molar-refractivity contribution in [1.82, 2.24) is 4.98 Å². The molecule has 3 aromatic rings. The van der Waals surface area contributed by atoms with E-state index in [1.165, 1.54) is 6.07 Å². The molecule has 0 unspecified atom stereocenters. The molecule has 132 valence electrons. The van der Waals surface area contributed by atoms with Crippen molar-refractivity contribution in [2.45, 2.75) is 13.3 Å². The Morgan fingerprint density at radius 1 is 1.23 bits per heavy atom. The molecule has 0 bridgehead atoms. The fraction of sp³-hybridized carbons (Fsp3) is 0.250. The predicted octanol–water partition coefficient (Wildman–Crippen LogP) is 2.48. The van der Waals surface area contributed by atoms with Gasteiger partial charge in [-0.2, -0.15) is 4.98 Å². The number of hydrogen-bond acceptors (Lipinski definition) is 5. The molecule has 4 rings (SSSR count). The second-order valence-electron chi connectivity index (χ2n) is 6.65. The van der Waals surface area contributed by atoms with Gasteiger partial charge in [0.05, 0.1) is 5.92 Å². The third-order valence-electron chi connectivity index (χ3n) is 4.95. The van der Waals surface area contributed by atoms with Gasteiger partial charge in [0.1, 0.15) is 5.82 Å². The first-order valence-electron chi connectivity index (χ1n) is 8.58. The maximum atomic E-state index is 12.1. The Hall–Kier alpha value is -3.15. The highest BCUT2D eigenvalue weighted by molar-refractivity contribution is 5.93. The first kappa shape index (κ1) is 16.3. The Kier molecular flexibility index (Phi) is 3.95. The van der Waals surface area contributed by atoms with Gasteiger partial charge < -0.3 is 15.1 Å². The van der Waals surface area contributed by atoms with Gasteiger partial charge in [-0.3, -0.25) is 4.79 Å². The maximum absolute atomic E-state index is 12.1. The van der Waals surface area contributed by atoms with Gasteiger partial charge in [0.2, 0.25) is 11.6 Å². The Bertz CT molecular complexity index is 1060. The lowest BCUT2D eigenvalue weighted by molar-refractivity contribution is -0.121. The highest BCUT2D eigenvalue weighted by Crippen LogP contribution is 2.31. The summed E-state index contributed by atoms with van der Waals surface area (Å²) in [5.74, 6) is 0.228. The number of carbonyl (C=O) groups is 1. The molecular weight excluding hydrogens is 330 g/mol. The molecule has 0 aliphatic carbocycles. The van der Waals surface area contributed by atoms with E-state index in [-0.39, 0.29) is 11.8 Å². The smallest absolute Gasteiger partial charge is 0.338 e. The maximum Gasteiger partial charge on any atom is 0.338 e. The molecule has 2 N–H and O–H groups in total. The van der Waals surface area contributed by atoms with Crippen LogP contribution >= 0.6 is 0 Å². The standard InChI is InChI=1S/C20H19N3O3/c1-12-4-2-3-5-14(12)16-10-18(24)26-20-15(16)6-7-17(22-20)23-9-8-13(11-23)19(21)25/h2-7,10,13H,8-9,11H2,1H3,(H2,21,25)/t13-/m1/s1. The lowest BCUT2D eigenvalue weighted by Crippen LogP contribution is -2.27. The third kappa shape index (κ3) is 2.83. The monoisotopic (exact) mass is 349 g/mol. The number of nitrogens with two attached hydrogens (primary N) is 1. The van der Waals surface area contributed by atoms with Crippen molar-refractivity contribution in [1.29, 1.82) is 0 Å². The molecule has 0 saturated carbocycles. The van der Waals surface area contributed by atoms with Crippen LogP contribution < -0.4 is 16.3 Å². The normalized spacial score (nSPS) is 17.0. The molecule has 6 nitrogen and oxygen atoms in total. The largest absolute Gasteiger partial charge is 0.404 e. The molecule has 0 spiro atoms. The lowest BCUT2D eigenvalue weighted by Gasteiger charge is -2.17. The summed E-state index contributed by atoms with van der Waals surface area (Å²) in [4.78, 5) is 30.0. The minimum atomic E-state index is -0.433. The van der Waals surface area contributed by atoms with Crippen molar-refractivity contribution in [3.8, 4) is 11.1 Å². The van der Waals surface area contributed by atoms with Gasteiger partial charge in [0.25, 0.3) is 0 Å². The number of rotatable bonds is 3. The molecule has 1 aliphatic heterocycles. The number of primary amides is 1. The minimum absolute atomic E-state index is 0.169. The lowest BCUT2D eigenvalue weighted by atomic mass is 9.99. The van der Waals surface area contributed by atoms with Crippen LogP contribution in [0.2, 0.25) is 0 Å². The van der Waals surface area contributed by atoms with Crippen LogP contribution in [0.15, 0.2) is 51.7 Å². The van der Waals surface area contributed by atoms with Crippen LogP contribution in [-0.4, -0.2) is 24.0 Å². The Morgan fingerprint density at radius 3 is 2.77 bits per heavy atom. The van der Waals surface area contributed by atoms with E-state index in [1.54, 1.807) is 0 Å². The fourth-order valence-electron chi connectivity index (χ4n) is 3.51. The van der Waals surface area contributed by atoms with Crippen molar-refractivity contribution in [2.75, 3.05) is 18.0 Å². The molecule has 1 aliphatic rings. The predicted molar refractivity (Wildman–Crippen MR) is 100.0 cm³/mol. The topological polar surface area (TPSA) is 89.4 Å². The Morgan fingerprint density at radius 2 is 2.04 bits per heavy atom. The van der Waals surface area contributed by atoms with Gasteiger partial charge in [-0.1, -0.05) is 24.3 Å². The summed E-state index contributed by atoms with van der Waals surface area (Å²) in [5.41, 5.74) is 8.14. The number of amides is 1. The van der Waals surface area contributed by atoms with Crippen LogP contribution in [0.5, 0.6) is 0 Å². The number of hydrogen-bond donors (Lipinski definition) is 1. The molecule has 1 amide bonds. The number of fused-ring (bicyclic) bond motifs is 1. The number of pyridine rings is 1. The SMILES string of the molecule is Cc1ccccc1-c1cc(=O)oc2nc(N3CC[C@@H](C(N)=O)C3)ccc12. The molecule has 2 aromatic heterocycles. The number of carbonyl (C=O) groups excluding carboxylic acids is 1. The average Bonchev–Trinajstić information content (AvgIpc) is 3.11. The Labute approximate surface area is 150 Å². The first-order chi connectivity index (χ1) is 12.5. The van der Waals surface area contributed by atoms with Crippen molar-refractivity contribution >= 4 is 22.8 Å². The summed E-state index contributed by atoms with van der Waals surface area (Å²) < 4.78 is 5.35. The zero-order valence-electron chi connectivity index (χ0n) is 14.4. The van der Waals surface area contributed by atoms with E-state index in [1.807, 2.05) is 48.2 Å². The molecule has 6 heteroatoms. The summed E-state index contributed by atoms with van der Waals surface area (Å²) in [6, 6.07) is 13.2. The summed E-state index contributed by atoms with van der Waals surface area (Å²) in [5, 5.41) is 0.785. The number of anilines is 1. The summed E-state index contributed by atoms with van der Waals surface area (Å²) >= 11 is 0. The van der Waals surface area contributed by atoms with Crippen LogP contribution in [0.25, 0.3) is 22.2 Å². The molecular formula is C20H19N3O3. The quantitative estimate of drug-likeness (QED) is 0.784. The van der Waals surface area contributed by atoms with Crippen LogP contribution in [0.1, 0.15) is 12.0 Å². The van der Waals surface area contributed by atoms with Crippen molar-refractivity contribution < 1.29 is 9.21 Å². The first-order valence-corrected chi connectivity index (χ1v) is 8.58. The number of nitrogens with zero attached hydrogens (tertiary/aromatic N) is 2. The molecule has 1 saturated heterocycles. The summed E-state index contributed by atoms with van der Waals surface area (Å²) in [6.45, 7) is 3.25. The second kappa shape index (κ2) is 6.29. The van der Waals surface area contributed by atoms with Crippen LogP contribution in [-0.2, 0) is 4.79 Å². The van der Waals surface area contributed by atoms with Gasteiger partial charge in [-0.25, -0.2) is 4.79 Å². The van der Waals surface area contributed by atoms with Gasteiger partial charge in [0, 0.05) is 30.1 Å². The average molecular weight is 349 g/mol. The van der Waals surface area contributed by atoms with E-state index in [0.717, 1.165) is 22.1 Å².